The number of aromatic nitrogens is 1. The number of anilines is 1. The molecule has 1 saturated heterocycles. The Bertz CT molecular complexity index is 953. The lowest BCUT2D eigenvalue weighted by molar-refractivity contribution is -0.121. The third-order valence-corrected chi connectivity index (χ3v) is 4.34. The largest absolute Gasteiger partial charge is 0.439 e. The summed E-state index contributed by atoms with van der Waals surface area (Å²) in [5.74, 6) is -0.252. The van der Waals surface area contributed by atoms with E-state index in [9.17, 15) is 14.0 Å². The highest BCUT2D eigenvalue weighted by molar-refractivity contribution is 5.96. The van der Waals surface area contributed by atoms with Gasteiger partial charge in [0.05, 0.1) is 6.54 Å². The molecule has 3 amide bonds. The van der Waals surface area contributed by atoms with Crippen molar-refractivity contribution >= 4 is 28.7 Å². The minimum absolute atomic E-state index is 0.0588. The van der Waals surface area contributed by atoms with Crippen LogP contribution in [0.15, 0.2) is 52.9 Å². The highest BCUT2D eigenvalue weighted by Crippen LogP contribution is 2.20. The van der Waals surface area contributed by atoms with Crippen molar-refractivity contribution in [2.75, 3.05) is 24.5 Å². The Labute approximate surface area is 154 Å². The number of benzene rings is 2. The summed E-state index contributed by atoms with van der Waals surface area (Å²) in [4.78, 5) is 31.9. The fraction of sp³-hybridized carbons (Fsp3) is 0.211. The molecule has 8 heteroatoms. The minimum atomic E-state index is -0.360. The van der Waals surface area contributed by atoms with Gasteiger partial charge in [-0.3, -0.25) is 9.69 Å². The van der Waals surface area contributed by atoms with E-state index >= 15 is 0 Å². The van der Waals surface area contributed by atoms with Gasteiger partial charge >= 0.3 is 6.03 Å². The average molecular weight is 368 g/mol. The molecule has 3 aromatic rings. The Balaban J connectivity index is 1.33. The molecular weight excluding hydrogens is 351 g/mol. The van der Waals surface area contributed by atoms with E-state index in [0.717, 1.165) is 5.52 Å². The summed E-state index contributed by atoms with van der Waals surface area (Å²) in [6, 6.07) is 12.8. The van der Waals surface area contributed by atoms with Crippen LogP contribution in [0.3, 0.4) is 0 Å². The van der Waals surface area contributed by atoms with Crippen molar-refractivity contribution in [3.05, 3.63) is 60.2 Å². The second-order valence-electron chi connectivity index (χ2n) is 6.18. The molecule has 0 atom stereocenters. The fourth-order valence-electron chi connectivity index (χ4n) is 2.99. The third-order valence-electron chi connectivity index (χ3n) is 4.34. The van der Waals surface area contributed by atoms with Gasteiger partial charge in [-0.05, 0) is 36.4 Å². The van der Waals surface area contributed by atoms with Crippen molar-refractivity contribution in [1.82, 2.24) is 15.2 Å². The molecule has 4 rings (SSSR count). The summed E-state index contributed by atoms with van der Waals surface area (Å²) in [5, 5.41) is 2.71. The standard InChI is InChI=1S/C19H17FN4O3/c20-13-5-7-14(8-6-13)24-10-9-23(19(24)26)12-17(25)21-11-18-22-15-3-1-2-4-16(15)27-18/h1-8H,9-12H2,(H,21,25). The van der Waals surface area contributed by atoms with Gasteiger partial charge in [0, 0.05) is 18.8 Å². The number of para-hydroxylation sites is 2. The number of carbonyl (C=O) groups excluding carboxylic acids is 2. The van der Waals surface area contributed by atoms with Crippen LogP contribution in [0.2, 0.25) is 0 Å². The highest BCUT2D eigenvalue weighted by Gasteiger charge is 2.30. The van der Waals surface area contributed by atoms with Crippen molar-refractivity contribution in [2.24, 2.45) is 0 Å². The van der Waals surface area contributed by atoms with Gasteiger partial charge < -0.3 is 14.6 Å². The first kappa shape index (κ1) is 17.0. The second kappa shape index (κ2) is 7.06. The predicted octanol–water partition coefficient (Wildman–Crippen LogP) is 2.53. The van der Waals surface area contributed by atoms with Gasteiger partial charge in [-0.1, -0.05) is 12.1 Å². The smallest absolute Gasteiger partial charge is 0.325 e. The lowest BCUT2D eigenvalue weighted by atomic mass is 10.3. The van der Waals surface area contributed by atoms with Crippen molar-refractivity contribution in [3.63, 3.8) is 0 Å². The van der Waals surface area contributed by atoms with Crippen LogP contribution in [0.1, 0.15) is 5.89 Å². The fourth-order valence-corrected chi connectivity index (χ4v) is 2.99. The van der Waals surface area contributed by atoms with Gasteiger partial charge in [-0.2, -0.15) is 0 Å². The van der Waals surface area contributed by atoms with Crippen LogP contribution in [-0.4, -0.2) is 41.5 Å². The predicted molar refractivity (Wildman–Crippen MR) is 96.6 cm³/mol. The molecule has 2 heterocycles. The number of nitrogens with one attached hydrogen (secondary N) is 1. The van der Waals surface area contributed by atoms with Crippen LogP contribution in [0.25, 0.3) is 11.1 Å². The van der Waals surface area contributed by atoms with Crippen LogP contribution < -0.4 is 10.2 Å². The van der Waals surface area contributed by atoms with Gasteiger partial charge in [0.2, 0.25) is 11.8 Å². The number of rotatable bonds is 5. The number of hydrogen-bond acceptors (Lipinski definition) is 4. The molecule has 0 saturated carbocycles. The summed E-state index contributed by atoms with van der Waals surface area (Å²) < 4.78 is 18.6. The van der Waals surface area contributed by atoms with E-state index in [1.807, 2.05) is 18.2 Å². The Kier molecular flexibility index (Phi) is 4.45. The Morgan fingerprint density at radius 1 is 1.15 bits per heavy atom. The molecule has 0 radical (unpaired) electrons. The molecule has 1 N–H and O–H groups in total. The Hall–Kier alpha value is -3.42. The molecule has 1 fully saturated rings. The minimum Gasteiger partial charge on any atom is -0.439 e. The monoisotopic (exact) mass is 368 g/mol. The number of halogens is 1. The van der Waals surface area contributed by atoms with Crippen LogP contribution in [-0.2, 0) is 11.3 Å². The quantitative estimate of drug-likeness (QED) is 0.751. The van der Waals surface area contributed by atoms with E-state index in [2.05, 4.69) is 10.3 Å². The molecule has 27 heavy (non-hydrogen) atoms. The van der Waals surface area contributed by atoms with Crippen molar-refractivity contribution in [1.29, 1.82) is 0 Å². The molecule has 0 aliphatic carbocycles. The van der Waals surface area contributed by atoms with E-state index in [1.165, 1.54) is 21.9 Å². The maximum atomic E-state index is 13.0. The number of urea groups is 1. The van der Waals surface area contributed by atoms with Gasteiger partial charge in [0.15, 0.2) is 5.58 Å². The average Bonchev–Trinajstić information content (AvgIpc) is 3.24. The lowest BCUT2D eigenvalue weighted by Gasteiger charge is -2.18. The van der Waals surface area contributed by atoms with Crippen LogP contribution >= 0.6 is 0 Å². The summed E-state index contributed by atoms with van der Waals surface area (Å²) in [5.41, 5.74) is 1.99. The van der Waals surface area contributed by atoms with Crippen LogP contribution in [0.5, 0.6) is 0 Å². The molecule has 0 spiro atoms. The van der Waals surface area contributed by atoms with E-state index in [0.29, 0.717) is 30.3 Å². The first-order chi connectivity index (χ1) is 13.1. The number of carbonyl (C=O) groups is 2. The molecule has 138 valence electrons. The maximum absolute atomic E-state index is 13.0. The first-order valence-corrected chi connectivity index (χ1v) is 8.53. The first-order valence-electron chi connectivity index (χ1n) is 8.53. The SMILES string of the molecule is O=C(CN1CCN(c2ccc(F)cc2)C1=O)NCc1nc2ccccc2o1. The van der Waals surface area contributed by atoms with Crippen molar-refractivity contribution < 1.29 is 18.4 Å². The molecule has 1 aliphatic heterocycles. The molecule has 0 bridgehead atoms. The summed E-state index contributed by atoms with van der Waals surface area (Å²) >= 11 is 0. The summed E-state index contributed by atoms with van der Waals surface area (Å²) in [6.07, 6.45) is 0. The summed E-state index contributed by atoms with van der Waals surface area (Å²) in [7, 11) is 0. The summed E-state index contributed by atoms with van der Waals surface area (Å²) in [6.45, 7) is 0.962. The van der Waals surface area contributed by atoms with Crippen LogP contribution in [0, 0.1) is 5.82 Å². The molecule has 7 nitrogen and oxygen atoms in total. The van der Waals surface area contributed by atoms with E-state index in [1.54, 1.807) is 18.2 Å². The molecule has 1 aliphatic rings. The number of hydrogen-bond donors (Lipinski definition) is 1. The zero-order chi connectivity index (χ0) is 18.8. The number of amides is 3. The van der Waals surface area contributed by atoms with Gasteiger partial charge in [0.25, 0.3) is 0 Å². The lowest BCUT2D eigenvalue weighted by Crippen LogP contribution is -2.39. The van der Waals surface area contributed by atoms with Crippen LogP contribution in [0.4, 0.5) is 14.9 Å². The molecule has 0 unspecified atom stereocenters. The number of fused-ring (bicyclic) bond motifs is 1. The Morgan fingerprint density at radius 2 is 1.93 bits per heavy atom. The zero-order valence-electron chi connectivity index (χ0n) is 14.4. The van der Waals surface area contributed by atoms with Gasteiger partial charge in [-0.25, -0.2) is 14.2 Å². The number of oxazole rings is 1. The van der Waals surface area contributed by atoms with Crippen molar-refractivity contribution in [2.45, 2.75) is 6.54 Å². The highest BCUT2D eigenvalue weighted by atomic mass is 19.1. The van der Waals surface area contributed by atoms with E-state index < -0.39 is 0 Å². The normalized spacial score (nSPS) is 14.2. The van der Waals surface area contributed by atoms with Gasteiger partial charge in [-0.15, -0.1) is 0 Å². The van der Waals surface area contributed by atoms with Crippen molar-refractivity contribution in [3.8, 4) is 0 Å². The second-order valence-corrected chi connectivity index (χ2v) is 6.18. The maximum Gasteiger partial charge on any atom is 0.325 e. The zero-order valence-corrected chi connectivity index (χ0v) is 14.4. The molecule has 2 aromatic carbocycles. The Morgan fingerprint density at radius 3 is 2.70 bits per heavy atom. The number of nitrogens with zero attached hydrogens (tertiary/aromatic N) is 3. The van der Waals surface area contributed by atoms with E-state index in [4.69, 9.17) is 4.42 Å². The molecule has 1 aromatic heterocycles. The third kappa shape index (κ3) is 3.59. The topological polar surface area (TPSA) is 78.7 Å². The van der Waals surface area contributed by atoms with Gasteiger partial charge in [0.1, 0.15) is 17.9 Å². The van der Waals surface area contributed by atoms with E-state index in [-0.39, 0.29) is 30.8 Å². The molecular formula is C19H17FN4O3.